The molecule has 1 aromatic carbocycles. The molecule has 0 aliphatic rings. The first kappa shape index (κ1) is 12.3. The summed E-state index contributed by atoms with van der Waals surface area (Å²) in [5.41, 5.74) is 0.561. The molecule has 0 aliphatic carbocycles. The highest BCUT2D eigenvalue weighted by Crippen LogP contribution is 2.13. The van der Waals surface area contributed by atoms with Gasteiger partial charge in [-0.15, -0.1) is 0 Å². The van der Waals surface area contributed by atoms with E-state index in [4.69, 9.17) is 16.9 Å². The van der Waals surface area contributed by atoms with Crippen LogP contribution < -0.4 is 0 Å². The number of carbonyl (C=O) groups is 1. The molecule has 0 bridgehead atoms. The fourth-order valence-corrected chi connectivity index (χ4v) is 1.28. The van der Waals surface area contributed by atoms with Gasteiger partial charge < -0.3 is 4.90 Å². The Labute approximate surface area is 99.5 Å². The zero-order chi connectivity index (χ0) is 12.1. The van der Waals surface area contributed by atoms with E-state index in [1.165, 1.54) is 6.20 Å². The van der Waals surface area contributed by atoms with Crippen molar-refractivity contribution < 1.29 is 4.79 Å². The summed E-state index contributed by atoms with van der Waals surface area (Å²) in [6.07, 6.45) is 1.50. The summed E-state index contributed by atoms with van der Waals surface area (Å²) in [6, 6.07) is 8.34. The van der Waals surface area contributed by atoms with Crippen LogP contribution in [0.4, 0.5) is 0 Å². The molecule has 0 saturated heterocycles. The Morgan fingerprint density at radius 3 is 2.38 bits per heavy atom. The molecule has 3 nitrogen and oxygen atoms in total. The Morgan fingerprint density at radius 1 is 1.38 bits per heavy atom. The highest BCUT2D eigenvalue weighted by Gasteiger charge is 2.11. The van der Waals surface area contributed by atoms with E-state index < -0.39 is 0 Å². The molecule has 0 heterocycles. The number of Topliss-reactive ketones (excluding diaryl/α,β-unsaturated/α-hetero) is 1. The lowest BCUT2D eigenvalue weighted by atomic mass is 10.1. The first-order valence-electron chi connectivity index (χ1n) is 4.63. The number of nitrogens with zero attached hydrogens (tertiary/aromatic N) is 2. The van der Waals surface area contributed by atoms with Crippen molar-refractivity contribution in [2.45, 2.75) is 0 Å². The molecule has 4 heteroatoms. The van der Waals surface area contributed by atoms with Gasteiger partial charge in [-0.2, -0.15) is 5.26 Å². The van der Waals surface area contributed by atoms with Crippen molar-refractivity contribution in [2.75, 3.05) is 14.1 Å². The van der Waals surface area contributed by atoms with Gasteiger partial charge in [-0.25, -0.2) is 0 Å². The summed E-state index contributed by atoms with van der Waals surface area (Å²) in [6.45, 7) is 0. The highest BCUT2D eigenvalue weighted by atomic mass is 35.5. The molecular weight excluding hydrogens is 224 g/mol. The van der Waals surface area contributed by atoms with Gasteiger partial charge >= 0.3 is 0 Å². The van der Waals surface area contributed by atoms with Crippen LogP contribution in [0.2, 0.25) is 5.02 Å². The lowest BCUT2D eigenvalue weighted by Gasteiger charge is -2.05. The Morgan fingerprint density at radius 2 is 1.94 bits per heavy atom. The summed E-state index contributed by atoms with van der Waals surface area (Å²) in [5, 5.41) is 9.43. The molecule has 0 saturated carbocycles. The van der Waals surface area contributed by atoms with E-state index in [9.17, 15) is 4.79 Å². The smallest absolute Gasteiger partial charge is 0.205 e. The van der Waals surface area contributed by atoms with Gasteiger partial charge in [-0.05, 0) is 24.3 Å². The van der Waals surface area contributed by atoms with E-state index in [2.05, 4.69) is 0 Å². The number of hydrogen-bond acceptors (Lipinski definition) is 3. The first-order valence-corrected chi connectivity index (χ1v) is 5.01. The second-order valence-corrected chi connectivity index (χ2v) is 3.89. The Kier molecular flexibility index (Phi) is 4.10. The van der Waals surface area contributed by atoms with Crippen LogP contribution in [0.15, 0.2) is 36.0 Å². The third-order valence-corrected chi connectivity index (χ3v) is 2.11. The molecule has 0 fully saturated rings. The third kappa shape index (κ3) is 3.11. The van der Waals surface area contributed by atoms with Gasteiger partial charge in [0, 0.05) is 30.9 Å². The van der Waals surface area contributed by atoms with E-state index in [-0.39, 0.29) is 11.4 Å². The topological polar surface area (TPSA) is 44.1 Å². The van der Waals surface area contributed by atoms with Crippen molar-refractivity contribution >= 4 is 17.4 Å². The van der Waals surface area contributed by atoms with Crippen molar-refractivity contribution in [3.8, 4) is 6.07 Å². The minimum Gasteiger partial charge on any atom is -0.382 e. The van der Waals surface area contributed by atoms with Gasteiger partial charge in [0.05, 0.1) is 0 Å². The monoisotopic (exact) mass is 234 g/mol. The van der Waals surface area contributed by atoms with Crippen LogP contribution in [-0.2, 0) is 0 Å². The predicted molar refractivity (Wildman–Crippen MR) is 63.2 cm³/mol. The number of allylic oxidation sites excluding steroid dienone is 1. The molecule has 1 rings (SSSR count). The van der Waals surface area contributed by atoms with E-state index in [0.717, 1.165) is 0 Å². The van der Waals surface area contributed by atoms with Crippen LogP contribution in [0, 0.1) is 11.3 Å². The van der Waals surface area contributed by atoms with Gasteiger partial charge in [0.25, 0.3) is 0 Å². The number of ketones is 1. The molecular formula is C12H11ClN2O. The molecule has 0 aromatic heterocycles. The van der Waals surface area contributed by atoms with Gasteiger partial charge in [0.1, 0.15) is 11.6 Å². The summed E-state index contributed by atoms with van der Waals surface area (Å²) in [5.74, 6) is -0.298. The lowest BCUT2D eigenvalue weighted by molar-refractivity contribution is 0.103. The maximum Gasteiger partial charge on any atom is 0.205 e. The summed E-state index contributed by atoms with van der Waals surface area (Å²) in [4.78, 5) is 13.5. The number of rotatable bonds is 3. The van der Waals surface area contributed by atoms with Crippen molar-refractivity contribution in [2.24, 2.45) is 0 Å². The summed E-state index contributed by atoms with van der Waals surface area (Å²) in [7, 11) is 3.51. The van der Waals surface area contributed by atoms with Crippen molar-refractivity contribution in [1.82, 2.24) is 4.90 Å². The minimum absolute atomic E-state index is 0.104. The SMILES string of the molecule is CN(C)C=C(C#N)C(=O)c1ccc(Cl)cc1. The number of nitriles is 1. The maximum absolute atomic E-state index is 11.9. The molecule has 0 unspecified atom stereocenters. The maximum atomic E-state index is 11.9. The molecule has 1 aromatic rings. The normalized spacial score (nSPS) is 10.8. The zero-order valence-electron chi connectivity index (χ0n) is 9.07. The van der Waals surface area contributed by atoms with Crippen LogP contribution in [0.1, 0.15) is 10.4 Å². The quantitative estimate of drug-likeness (QED) is 0.459. The van der Waals surface area contributed by atoms with Crippen LogP contribution in [0.3, 0.4) is 0 Å². The average Bonchev–Trinajstić information content (AvgIpc) is 2.25. The average molecular weight is 235 g/mol. The van der Waals surface area contributed by atoms with Gasteiger partial charge in [0.15, 0.2) is 0 Å². The molecule has 0 radical (unpaired) electrons. The summed E-state index contributed by atoms with van der Waals surface area (Å²) < 4.78 is 0. The molecule has 0 amide bonds. The van der Waals surface area contributed by atoms with Gasteiger partial charge in [0.2, 0.25) is 5.78 Å². The summed E-state index contributed by atoms with van der Waals surface area (Å²) >= 11 is 5.71. The van der Waals surface area contributed by atoms with Crippen molar-refractivity contribution in [1.29, 1.82) is 5.26 Å². The molecule has 0 spiro atoms. The molecule has 16 heavy (non-hydrogen) atoms. The van der Waals surface area contributed by atoms with E-state index in [1.807, 2.05) is 6.07 Å². The largest absolute Gasteiger partial charge is 0.382 e. The molecule has 82 valence electrons. The van der Waals surface area contributed by atoms with Crippen LogP contribution in [0.5, 0.6) is 0 Å². The predicted octanol–water partition coefficient (Wildman–Crippen LogP) is 2.49. The highest BCUT2D eigenvalue weighted by molar-refractivity contribution is 6.30. The Balaban J connectivity index is 3.02. The van der Waals surface area contributed by atoms with Gasteiger partial charge in [-0.1, -0.05) is 11.6 Å². The van der Waals surface area contributed by atoms with Crippen molar-refractivity contribution in [3.63, 3.8) is 0 Å². The third-order valence-electron chi connectivity index (χ3n) is 1.86. The van der Waals surface area contributed by atoms with E-state index in [0.29, 0.717) is 10.6 Å². The zero-order valence-corrected chi connectivity index (χ0v) is 9.82. The van der Waals surface area contributed by atoms with Crippen LogP contribution >= 0.6 is 11.6 Å². The van der Waals surface area contributed by atoms with Gasteiger partial charge in [-0.3, -0.25) is 4.79 Å². The minimum atomic E-state index is -0.298. The Bertz CT molecular complexity index is 455. The second kappa shape index (κ2) is 5.34. The van der Waals surface area contributed by atoms with Crippen molar-refractivity contribution in [3.05, 3.63) is 46.6 Å². The van der Waals surface area contributed by atoms with E-state index in [1.54, 1.807) is 43.3 Å². The molecule has 0 atom stereocenters. The second-order valence-electron chi connectivity index (χ2n) is 3.45. The van der Waals surface area contributed by atoms with Crippen LogP contribution in [0.25, 0.3) is 0 Å². The lowest BCUT2D eigenvalue weighted by Crippen LogP contribution is -2.08. The fraction of sp³-hybridized carbons (Fsp3) is 0.167. The molecule has 0 N–H and O–H groups in total. The Hall–Kier alpha value is -1.79. The number of carbonyl (C=O) groups excluding carboxylic acids is 1. The van der Waals surface area contributed by atoms with E-state index >= 15 is 0 Å². The van der Waals surface area contributed by atoms with Crippen LogP contribution in [-0.4, -0.2) is 24.8 Å². The number of halogens is 1. The number of benzene rings is 1. The number of hydrogen-bond donors (Lipinski definition) is 0. The molecule has 0 aliphatic heterocycles. The first-order chi connectivity index (χ1) is 7.54. The standard InChI is InChI=1S/C12H11ClN2O/c1-15(2)8-10(7-14)12(16)9-3-5-11(13)6-4-9/h3-6,8H,1-2H3. The fourth-order valence-electron chi connectivity index (χ4n) is 1.15.